The minimum Gasteiger partial charge on any atom is -0.444 e. The van der Waals surface area contributed by atoms with Crippen molar-refractivity contribution in [2.24, 2.45) is 5.92 Å². The summed E-state index contributed by atoms with van der Waals surface area (Å²) in [5.41, 5.74) is 0.921. The summed E-state index contributed by atoms with van der Waals surface area (Å²) < 4.78 is 19.2. The number of piperidine rings is 1. The number of aromatic nitrogens is 2. The summed E-state index contributed by atoms with van der Waals surface area (Å²) in [5, 5.41) is 9.56. The minimum atomic E-state index is -0.542. The first-order valence-electron chi connectivity index (χ1n) is 10.1. The van der Waals surface area contributed by atoms with Crippen LogP contribution in [0.5, 0.6) is 0 Å². The fourth-order valence-electron chi connectivity index (χ4n) is 4.48. The number of rotatable bonds is 3. The monoisotopic (exact) mass is 402 g/mol. The molecule has 2 aliphatic heterocycles. The van der Waals surface area contributed by atoms with Gasteiger partial charge in [0.05, 0.1) is 10.9 Å². The van der Waals surface area contributed by atoms with Gasteiger partial charge in [-0.1, -0.05) is 6.07 Å². The summed E-state index contributed by atoms with van der Waals surface area (Å²) >= 11 is 0. The first-order chi connectivity index (χ1) is 13.7. The van der Waals surface area contributed by atoms with Gasteiger partial charge in [0.15, 0.2) is 0 Å². The zero-order chi connectivity index (χ0) is 20.8. The molecule has 0 radical (unpaired) electrons. The van der Waals surface area contributed by atoms with Gasteiger partial charge in [-0.25, -0.2) is 4.79 Å². The Bertz CT molecular complexity index is 922. The van der Waals surface area contributed by atoms with E-state index in [2.05, 4.69) is 15.5 Å². The second kappa shape index (κ2) is 7.31. The third kappa shape index (κ3) is 4.06. The Labute approximate surface area is 169 Å². The SMILES string of the molecule is CC(C)(C)OC(=O)N1[C@@H]2CC[C@H]1CC(C(=O)NCc1ccc3[nH]nc(F)c3c1)C2. The van der Waals surface area contributed by atoms with Crippen LogP contribution in [-0.4, -0.2) is 44.8 Å². The number of carbonyl (C=O) groups excluding carboxylic acids is 2. The van der Waals surface area contributed by atoms with Gasteiger partial charge in [0, 0.05) is 24.5 Å². The quantitative estimate of drug-likeness (QED) is 0.823. The lowest BCUT2D eigenvalue weighted by molar-refractivity contribution is -0.127. The van der Waals surface area contributed by atoms with Crippen molar-refractivity contribution in [1.82, 2.24) is 20.4 Å². The highest BCUT2D eigenvalue weighted by Crippen LogP contribution is 2.39. The van der Waals surface area contributed by atoms with Crippen LogP contribution in [0.4, 0.5) is 9.18 Å². The number of fused-ring (bicyclic) bond motifs is 3. The lowest BCUT2D eigenvalue weighted by atomic mass is 9.90. The zero-order valence-electron chi connectivity index (χ0n) is 17.0. The Balaban J connectivity index is 1.36. The predicted molar refractivity (Wildman–Crippen MR) is 106 cm³/mol. The molecule has 0 spiro atoms. The maximum absolute atomic E-state index is 13.6. The molecular weight excluding hydrogens is 375 g/mol. The van der Waals surface area contributed by atoms with E-state index in [1.54, 1.807) is 12.1 Å². The zero-order valence-corrected chi connectivity index (χ0v) is 17.0. The number of benzene rings is 1. The molecule has 2 aromatic rings. The van der Waals surface area contributed by atoms with Gasteiger partial charge in [0.1, 0.15) is 5.60 Å². The Morgan fingerprint density at radius 2 is 1.97 bits per heavy atom. The fraction of sp³-hybridized carbons (Fsp3) is 0.571. The molecule has 7 nitrogen and oxygen atoms in total. The first-order valence-corrected chi connectivity index (χ1v) is 10.1. The van der Waals surface area contributed by atoms with Gasteiger partial charge in [-0.15, -0.1) is 5.10 Å². The molecule has 156 valence electrons. The molecule has 0 aliphatic carbocycles. The second-order valence-corrected chi connectivity index (χ2v) is 9.05. The van der Waals surface area contributed by atoms with Crippen LogP contribution in [0.1, 0.15) is 52.0 Å². The summed E-state index contributed by atoms with van der Waals surface area (Å²) in [6.45, 7) is 5.92. The predicted octanol–water partition coefficient (Wildman–Crippen LogP) is 3.50. The Morgan fingerprint density at radius 3 is 2.62 bits per heavy atom. The Kier molecular flexibility index (Phi) is 4.96. The lowest BCUT2D eigenvalue weighted by Crippen LogP contribution is -2.50. The van der Waals surface area contributed by atoms with Crippen molar-refractivity contribution in [2.75, 3.05) is 0 Å². The summed E-state index contributed by atoms with van der Waals surface area (Å²) in [6.07, 6.45) is 2.83. The first kappa shape index (κ1) is 19.7. The average molecular weight is 402 g/mol. The number of carbonyl (C=O) groups is 2. The van der Waals surface area contributed by atoms with Gasteiger partial charge in [0.2, 0.25) is 11.9 Å². The number of amides is 2. The topological polar surface area (TPSA) is 87.3 Å². The molecule has 2 aliphatic rings. The van der Waals surface area contributed by atoms with E-state index in [1.165, 1.54) is 0 Å². The van der Waals surface area contributed by atoms with Gasteiger partial charge < -0.3 is 15.0 Å². The minimum absolute atomic E-state index is 0.0153. The molecule has 4 rings (SSSR count). The van der Waals surface area contributed by atoms with E-state index in [-0.39, 0.29) is 30.0 Å². The molecule has 29 heavy (non-hydrogen) atoms. The van der Waals surface area contributed by atoms with Gasteiger partial charge in [-0.05, 0) is 64.2 Å². The number of H-pyrrole nitrogens is 1. The van der Waals surface area contributed by atoms with E-state index < -0.39 is 11.5 Å². The molecule has 2 amide bonds. The standard InChI is InChI=1S/C21H27FN4O3/c1-21(2,3)29-20(28)26-14-5-6-15(26)10-13(9-14)19(27)23-11-12-4-7-17-16(8-12)18(22)25-24-17/h4,7-8,13-15H,5-6,9-11H2,1-3H3,(H,23,27)(H,24,25)/t13?,14-,15+. The smallest absolute Gasteiger partial charge is 0.410 e. The van der Waals surface area contributed by atoms with Crippen LogP contribution in [0.2, 0.25) is 0 Å². The van der Waals surface area contributed by atoms with Crippen LogP contribution < -0.4 is 5.32 Å². The molecule has 2 bridgehead atoms. The van der Waals surface area contributed by atoms with Crippen molar-refractivity contribution in [2.45, 2.75) is 70.7 Å². The maximum atomic E-state index is 13.6. The van der Waals surface area contributed by atoms with Gasteiger partial charge in [-0.2, -0.15) is 4.39 Å². The van der Waals surface area contributed by atoms with E-state index in [1.807, 2.05) is 31.7 Å². The molecule has 2 fully saturated rings. The molecule has 3 heterocycles. The van der Waals surface area contributed by atoms with Crippen molar-refractivity contribution in [3.8, 4) is 0 Å². The van der Waals surface area contributed by atoms with Crippen molar-refractivity contribution in [1.29, 1.82) is 0 Å². The van der Waals surface area contributed by atoms with Crippen LogP contribution in [-0.2, 0) is 16.1 Å². The second-order valence-electron chi connectivity index (χ2n) is 9.05. The molecule has 3 atom stereocenters. The maximum Gasteiger partial charge on any atom is 0.410 e. The molecule has 1 unspecified atom stereocenters. The normalized spacial score (nSPS) is 24.0. The highest BCUT2D eigenvalue weighted by Gasteiger charge is 2.46. The number of hydrogen-bond acceptors (Lipinski definition) is 4. The van der Waals surface area contributed by atoms with E-state index in [9.17, 15) is 14.0 Å². The summed E-state index contributed by atoms with van der Waals surface area (Å²) in [6, 6.07) is 5.40. The third-order valence-corrected chi connectivity index (χ3v) is 5.76. The average Bonchev–Trinajstić information content (AvgIpc) is 3.15. The van der Waals surface area contributed by atoms with Crippen molar-refractivity contribution < 1.29 is 18.7 Å². The van der Waals surface area contributed by atoms with E-state index in [0.29, 0.717) is 30.3 Å². The lowest BCUT2D eigenvalue weighted by Gasteiger charge is -2.39. The number of halogens is 1. The van der Waals surface area contributed by atoms with Gasteiger partial charge in [-0.3, -0.25) is 9.89 Å². The molecule has 1 aromatic heterocycles. The molecular formula is C21H27FN4O3. The molecule has 8 heteroatoms. The summed E-state index contributed by atoms with van der Waals surface area (Å²) in [4.78, 5) is 27.1. The van der Waals surface area contributed by atoms with Crippen molar-refractivity contribution in [3.05, 3.63) is 29.7 Å². The number of hydrogen-bond donors (Lipinski definition) is 2. The van der Waals surface area contributed by atoms with Gasteiger partial charge >= 0.3 is 6.09 Å². The van der Waals surface area contributed by atoms with Crippen LogP contribution in [0, 0.1) is 11.9 Å². The fourth-order valence-corrected chi connectivity index (χ4v) is 4.48. The van der Waals surface area contributed by atoms with Crippen molar-refractivity contribution >= 4 is 22.9 Å². The third-order valence-electron chi connectivity index (χ3n) is 5.76. The van der Waals surface area contributed by atoms with E-state index in [0.717, 1.165) is 18.4 Å². The molecule has 2 saturated heterocycles. The summed E-state index contributed by atoms with van der Waals surface area (Å²) in [5.74, 6) is -0.682. The van der Waals surface area contributed by atoms with Crippen LogP contribution in [0.15, 0.2) is 18.2 Å². The van der Waals surface area contributed by atoms with Crippen molar-refractivity contribution in [3.63, 3.8) is 0 Å². The number of nitrogens with zero attached hydrogens (tertiary/aromatic N) is 2. The van der Waals surface area contributed by atoms with Crippen LogP contribution >= 0.6 is 0 Å². The molecule has 0 saturated carbocycles. The number of nitrogens with one attached hydrogen (secondary N) is 2. The molecule has 1 aromatic carbocycles. The Hall–Kier alpha value is -2.64. The van der Waals surface area contributed by atoms with Gasteiger partial charge in [0.25, 0.3) is 0 Å². The number of aromatic amines is 1. The van der Waals surface area contributed by atoms with Crippen LogP contribution in [0.25, 0.3) is 10.9 Å². The van der Waals surface area contributed by atoms with E-state index >= 15 is 0 Å². The summed E-state index contributed by atoms with van der Waals surface area (Å²) in [7, 11) is 0. The van der Waals surface area contributed by atoms with E-state index in [4.69, 9.17) is 4.74 Å². The largest absolute Gasteiger partial charge is 0.444 e. The Morgan fingerprint density at radius 1 is 1.28 bits per heavy atom. The highest BCUT2D eigenvalue weighted by molar-refractivity contribution is 5.81. The number of ether oxygens (including phenoxy) is 1. The highest BCUT2D eigenvalue weighted by atomic mass is 19.1. The van der Waals surface area contributed by atoms with Crippen LogP contribution in [0.3, 0.4) is 0 Å². The molecule has 2 N–H and O–H groups in total.